The number of nitrogens with zero attached hydrogens (tertiary/aromatic N) is 1. The van der Waals surface area contributed by atoms with E-state index in [1.807, 2.05) is 31.2 Å². The summed E-state index contributed by atoms with van der Waals surface area (Å²) in [5.41, 5.74) is 0.953. The van der Waals surface area contributed by atoms with Crippen LogP contribution in [0, 0.1) is 5.92 Å². The van der Waals surface area contributed by atoms with Crippen LogP contribution in [-0.4, -0.2) is 44.6 Å². The fraction of sp³-hybridized carbons (Fsp3) is 0.588. The van der Waals surface area contributed by atoms with Crippen molar-refractivity contribution in [3.05, 3.63) is 29.8 Å². The second-order valence-corrected chi connectivity index (χ2v) is 8.17. The van der Waals surface area contributed by atoms with Gasteiger partial charge in [0.2, 0.25) is 15.9 Å². The highest BCUT2D eigenvalue weighted by Crippen LogP contribution is 2.20. The highest BCUT2D eigenvalue weighted by molar-refractivity contribution is 7.89. The van der Waals surface area contributed by atoms with Gasteiger partial charge in [0.1, 0.15) is 5.75 Å². The summed E-state index contributed by atoms with van der Waals surface area (Å²) in [5, 5.41) is 2.91. The van der Waals surface area contributed by atoms with Crippen LogP contribution in [0.2, 0.25) is 0 Å². The SMILES string of the molecule is CCCS(=O)(=O)N1CCCC(C(=O)NCc2cccc(OC)c2)C1. The van der Waals surface area contributed by atoms with E-state index in [4.69, 9.17) is 4.74 Å². The first-order chi connectivity index (χ1) is 11.5. The normalized spacial score (nSPS) is 19.0. The Morgan fingerprint density at radius 1 is 1.42 bits per heavy atom. The van der Waals surface area contributed by atoms with E-state index in [9.17, 15) is 13.2 Å². The first-order valence-electron chi connectivity index (χ1n) is 8.34. The standard InChI is InChI=1S/C17H26N2O4S/c1-3-10-24(21,22)19-9-5-7-15(13-19)17(20)18-12-14-6-4-8-16(11-14)23-2/h4,6,8,11,15H,3,5,7,9-10,12-13H2,1-2H3,(H,18,20). The van der Waals surface area contributed by atoms with Crippen LogP contribution in [0.1, 0.15) is 31.7 Å². The molecule has 1 heterocycles. The van der Waals surface area contributed by atoms with Crippen molar-refractivity contribution in [2.75, 3.05) is 26.0 Å². The number of piperidine rings is 1. The molecule has 1 aliphatic rings. The summed E-state index contributed by atoms with van der Waals surface area (Å²) in [7, 11) is -1.64. The van der Waals surface area contributed by atoms with Gasteiger partial charge >= 0.3 is 0 Å². The lowest BCUT2D eigenvalue weighted by Gasteiger charge is -2.31. The van der Waals surface area contributed by atoms with Crippen molar-refractivity contribution in [1.29, 1.82) is 0 Å². The second kappa shape index (κ2) is 8.48. The van der Waals surface area contributed by atoms with E-state index in [0.717, 1.165) is 24.2 Å². The number of methoxy groups -OCH3 is 1. The smallest absolute Gasteiger partial charge is 0.224 e. The zero-order valence-electron chi connectivity index (χ0n) is 14.3. The average Bonchev–Trinajstić information content (AvgIpc) is 2.60. The molecule has 0 aromatic heterocycles. The van der Waals surface area contributed by atoms with Crippen molar-refractivity contribution < 1.29 is 17.9 Å². The Balaban J connectivity index is 1.92. The summed E-state index contributed by atoms with van der Waals surface area (Å²) in [6.45, 7) is 3.06. The largest absolute Gasteiger partial charge is 0.497 e. The third-order valence-electron chi connectivity index (χ3n) is 4.21. The van der Waals surface area contributed by atoms with Gasteiger partial charge in [0, 0.05) is 19.6 Å². The van der Waals surface area contributed by atoms with Crippen molar-refractivity contribution >= 4 is 15.9 Å². The summed E-state index contributed by atoms with van der Waals surface area (Å²) >= 11 is 0. The highest BCUT2D eigenvalue weighted by atomic mass is 32.2. The number of ether oxygens (including phenoxy) is 1. The van der Waals surface area contributed by atoms with Gasteiger partial charge in [0.05, 0.1) is 18.8 Å². The maximum absolute atomic E-state index is 12.4. The van der Waals surface area contributed by atoms with Gasteiger partial charge in [-0.15, -0.1) is 0 Å². The summed E-state index contributed by atoms with van der Waals surface area (Å²) in [5.74, 6) is 0.520. The third-order valence-corrected chi connectivity index (χ3v) is 6.25. The topological polar surface area (TPSA) is 75.7 Å². The molecule has 134 valence electrons. The van der Waals surface area contributed by atoms with Gasteiger partial charge in [0.15, 0.2) is 0 Å². The van der Waals surface area contributed by atoms with E-state index in [1.165, 1.54) is 4.31 Å². The Kier molecular flexibility index (Phi) is 6.62. The minimum atomic E-state index is -3.24. The molecule has 1 N–H and O–H groups in total. The lowest BCUT2D eigenvalue weighted by atomic mass is 9.99. The first-order valence-corrected chi connectivity index (χ1v) is 9.95. The van der Waals surface area contributed by atoms with Gasteiger partial charge in [-0.25, -0.2) is 12.7 Å². The molecule has 0 aliphatic carbocycles. The summed E-state index contributed by atoms with van der Waals surface area (Å²) in [6, 6.07) is 7.52. The van der Waals surface area contributed by atoms with Crippen LogP contribution >= 0.6 is 0 Å². The van der Waals surface area contributed by atoms with Crippen LogP contribution in [0.5, 0.6) is 5.75 Å². The molecule has 1 unspecified atom stereocenters. The average molecular weight is 354 g/mol. The van der Waals surface area contributed by atoms with Crippen LogP contribution in [0.4, 0.5) is 0 Å². The minimum Gasteiger partial charge on any atom is -0.497 e. The molecule has 1 saturated heterocycles. The number of carbonyl (C=O) groups excluding carboxylic acids is 1. The number of hydrogen-bond acceptors (Lipinski definition) is 4. The summed E-state index contributed by atoms with van der Waals surface area (Å²) < 4.78 is 31.0. The van der Waals surface area contributed by atoms with Gasteiger partial charge in [-0.2, -0.15) is 0 Å². The predicted molar refractivity (Wildman–Crippen MR) is 93.2 cm³/mol. The molecular formula is C17H26N2O4S. The van der Waals surface area contributed by atoms with E-state index in [1.54, 1.807) is 7.11 Å². The molecule has 1 aliphatic heterocycles. The number of hydrogen-bond donors (Lipinski definition) is 1. The number of nitrogens with one attached hydrogen (secondary N) is 1. The molecule has 1 aromatic carbocycles. The lowest BCUT2D eigenvalue weighted by molar-refractivity contribution is -0.126. The predicted octanol–water partition coefficient (Wildman–Crippen LogP) is 1.76. The molecule has 7 heteroatoms. The van der Waals surface area contributed by atoms with Crippen molar-refractivity contribution in [3.8, 4) is 5.75 Å². The molecular weight excluding hydrogens is 328 g/mol. The number of amides is 1. The van der Waals surface area contributed by atoms with Crippen LogP contribution in [0.25, 0.3) is 0 Å². The highest BCUT2D eigenvalue weighted by Gasteiger charge is 2.31. The molecule has 6 nitrogen and oxygen atoms in total. The molecule has 0 spiro atoms. The number of rotatable bonds is 7. The monoisotopic (exact) mass is 354 g/mol. The molecule has 0 saturated carbocycles. The summed E-state index contributed by atoms with van der Waals surface area (Å²) in [6.07, 6.45) is 2.04. The van der Waals surface area contributed by atoms with E-state index in [-0.39, 0.29) is 24.1 Å². The van der Waals surface area contributed by atoms with E-state index >= 15 is 0 Å². The Morgan fingerprint density at radius 2 is 2.21 bits per heavy atom. The van der Waals surface area contributed by atoms with E-state index in [0.29, 0.717) is 19.5 Å². The second-order valence-electron chi connectivity index (χ2n) is 6.08. The van der Waals surface area contributed by atoms with Gasteiger partial charge < -0.3 is 10.1 Å². The molecule has 0 bridgehead atoms. The molecule has 0 radical (unpaired) electrons. The zero-order valence-corrected chi connectivity index (χ0v) is 15.1. The zero-order chi connectivity index (χ0) is 17.6. The van der Waals surface area contributed by atoms with E-state index in [2.05, 4.69) is 5.32 Å². The fourth-order valence-corrected chi connectivity index (χ4v) is 4.50. The molecule has 1 atom stereocenters. The van der Waals surface area contributed by atoms with Crippen molar-refractivity contribution in [1.82, 2.24) is 9.62 Å². The molecule has 1 aromatic rings. The van der Waals surface area contributed by atoms with Gasteiger partial charge in [0.25, 0.3) is 0 Å². The molecule has 1 fully saturated rings. The lowest BCUT2D eigenvalue weighted by Crippen LogP contribution is -2.45. The van der Waals surface area contributed by atoms with Crippen molar-refractivity contribution in [2.45, 2.75) is 32.7 Å². The molecule has 2 rings (SSSR count). The Labute approximate surface area is 144 Å². The first kappa shape index (κ1) is 18.7. The van der Waals surface area contributed by atoms with Gasteiger partial charge in [-0.3, -0.25) is 4.79 Å². The maximum Gasteiger partial charge on any atom is 0.224 e. The van der Waals surface area contributed by atoms with Gasteiger partial charge in [-0.05, 0) is 37.0 Å². The maximum atomic E-state index is 12.4. The number of benzene rings is 1. The fourth-order valence-electron chi connectivity index (χ4n) is 2.91. The van der Waals surface area contributed by atoms with Crippen molar-refractivity contribution in [2.24, 2.45) is 5.92 Å². The van der Waals surface area contributed by atoms with Crippen LogP contribution < -0.4 is 10.1 Å². The Hall–Kier alpha value is -1.60. The molecule has 1 amide bonds. The molecule has 24 heavy (non-hydrogen) atoms. The number of sulfonamides is 1. The van der Waals surface area contributed by atoms with E-state index < -0.39 is 10.0 Å². The Morgan fingerprint density at radius 3 is 2.92 bits per heavy atom. The van der Waals surface area contributed by atoms with Gasteiger partial charge in [-0.1, -0.05) is 19.1 Å². The third kappa shape index (κ3) is 4.95. The Bertz CT molecular complexity index is 660. The van der Waals surface area contributed by atoms with Crippen LogP contribution in [-0.2, 0) is 21.4 Å². The summed E-state index contributed by atoms with van der Waals surface area (Å²) in [4.78, 5) is 12.4. The minimum absolute atomic E-state index is 0.0887. The van der Waals surface area contributed by atoms with Crippen molar-refractivity contribution in [3.63, 3.8) is 0 Å². The van der Waals surface area contributed by atoms with Crippen LogP contribution in [0.15, 0.2) is 24.3 Å². The number of carbonyl (C=O) groups is 1. The quantitative estimate of drug-likeness (QED) is 0.810. The van der Waals surface area contributed by atoms with Crippen LogP contribution in [0.3, 0.4) is 0 Å².